The lowest BCUT2D eigenvalue weighted by molar-refractivity contribution is 0.0722. The van der Waals surface area contributed by atoms with Gasteiger partial charge in [-0.3, -0.25) is 4.79 Å². The highest BCUT2D eigenvalue weighted by atomic mass is 16.6. The first-order valence-corrected chi connectivity index (χ1v) is 11.5. The Balaban J connectivity index is 1.49. The van der Waals surface area contributed by atoms with Crippen molar-refractivity contribution in [3.63, 3.8) is 0 Å². The molecule has 0 heterocycles. The van der Waals surface area contributed by atoms with Crippen LogP contribution in [0.1, 0.15) is 26.3 Å². The summed E-state index contributed by atoms with van der Waals surface area (Å²) in [6, 6.07) is 27.5. The van der Waals surface area contributed by atoms with Gasteiger partial charge in [-0.2, -0.15) is 0 Å². The van der Waals surface area contributed by atoms with Gasteiger partial charge in [-0.1, -0.05) is 72.8 Å². The number of benzene rings is 4. The topological polar surface area (TPSA) is 71.1 Å². The van der Waals surface area contributed by atoms with Crippen LogP contribution < -0.4 is 18.9 Å². The van der Waals surface area contributed by atoms with Crippen molar-refractivity contribution >= 4 is 17.8 Å². The average Bonchev–Trinajstić information content (AvgIpc) is 2.96. The molecule has 4 aromatic rings. The Morgan fingerprint density at radius 1 is 0.622 bits per heavy atom. The molecule has 4 rings (SSSR count). The van der Waals surface area contributed by atoms with E-state index in [1.807, 2.05) is 54.6 Å². The SMILES string of the molecule is COc1cc(/C=C/C(=O)c2ccc(-c3ccccc3)cc2)ccc1OC(=O)c1c(OC)cccc1OC. The van der Waals surface area contributed by atoms with E-state index >= 15 is 0 Å². The summed E-state index contributed by atoms with van der Waals surface area (Å²) in [6.45, 7) is 0. The summed E-state index contributed by atoms with van der Waals surface area (Å²) in [5, 5.41) is 0. The molecule has 6 nitrogen and oxygen atoms in total. The van der Waals surface area contributed by atoms with Crippen molar-refractivity contribution in [2.24, 2.45) is 0 Å². The Hall–Kier alpha value is -4.84. The first-order valence-electron chi connectivity index (χ1n) is 11.5. The maximum atomic E-state index is 12.9. The molecule has 0 fully saturated rings. The quantitative estimate of drug-likeness (QED) is 0.115. The van der Waals surface area contributed by atoms with E-state index < -0.39 is 5.97 Å². The molecule has 0 aliphatic heterocycles. The average molecular weight is 495 g/mol. The number of esters is 1. The fourth-order valence-electron chi connectivity index (χ4n) is 3.80. The maximum Gasteiger partial charge on any atom is 0.351 e. The number of hydrogen-bond acceptors (Lipinski definition) is 6. The second kappa shape index (κ2) is 11.7. The molecule has 0 aromatic heterocycles. The third-order valence-corrected chi connectivity index (χ3v) is 5.73. The van der Waals surface area contributed by atoms with Gasteiger partial charge in [-0.25, -0.2) is 4.79 Å². The Morgan fingerprint density at radius 2 is 1.24 bits per heavy atom. The molecule has 6 heteroatoms. The van der Waals surface area contributed by atoms with Crippen molar-refractivity contribution in [1.82, 2.24) is 0 Å². The Labute approximate surface area is 215 Å². The second-order valence-corrected chi connectivity index (χ2v) is 7.98. The predicted octanol–water partition coefficient (Wildman–Crippen LogP) is 6.49. The maximum absolute atomic E-state index is 12.9. The van der Waals surface area contributed by atoms with Gasteiger partial charge in [0.15, 0.2) is 17.3 Å². The van der Waals surface area contributed by atoms with E-state index in [0.29, 0.717) is 28.4 Å². The first-order chi connectivity index (χ1) is 18.0. The second-order valence-electron chi connectivity index (χ2n) is 7.98. The molecule has 0 aliphatic rings. The molecule has 0 bridgehead atoms. The van der Waals surface area contributed by atoms with Crippen LogP contribution in [0.25, 0.3) is 17.2 Å². The van der Waals surface area contributed by atoms with Crippen molar-refractivity contribution in [2.75, 3.05) is 21.3 Å². The fraction of sp³-hybridized carbons (Fsp3) is 0.0968. The van der Waals surface area contributed by atoms with Crippen molar-refractivity contribution < 1.29 is 28.5 Å². The summed E-state index contributed by atoms with van der Waals surface area (Å²) < 4.78 is 21.6. The Bertz CT molecular complexity index is 1400. The van der Waals surface area contributed by atoms with Crippen LogP contribution in [-0.2, 0) is 0 Å². The predicted molar refractivity (Wildman–Crippen MR) is 143 cm³/mol. The van der Waals surface area contributed by atoms with Gasteiger partial charge in [0.2, 0.25) is 0 Å². The number of ketones is 1. The molecule has 0 saturated carbocycles. The third-order valence-electron chi connectivity index (χ3n) is 5.73. The lowest BCUT2D eigenvalue weighted by Gasteiger charge is -2.14. The highest BCUT2D eigenvalue weighted by molar-refractivity contribution is 6.07. The van der Waals surface area contributed by atoms with Crippen LogP contribution in [0.3, 0.4) is 0 Å². The number of carbonyl (C=O) groups excluding carboxylic acids is 2. The number of hydrogen-bond donors (Lipinski definition) is 0. The van der Waals surface area contributed by atoms with Crippen molar-refractivity contribution in [1.29, 1.82) is 0 Å². The van der Waals surface area contributed by atoms with Crippen LogP contribution in [0.2, 0.25) is 0 Å². The Kier molecular flexibility index (Phi) is 8.01. The zero-order valence-electron chi connectivity index (χ0n) is 20.8. The van der Waals surface area contributed by atoms with Gasteiger partial charge < -0.3 is 18.9 Å². The lowest BCUT2D eigenvalue weighted by atomic mass is 10.0. The third kappa shape index (κ3) is 5.87. The zero-order chi connectivity index (χ0) is 26.2. The van der Waals surface area contributed by atoms with Crippen LogP contribution >= 0.6 is 0 Å². The van der Waals surface area contributed by atoms with Crippen LogP contribution in [0, 0.1) is 0 Å². The summed E-state index contributed by atoms with van der Waals surface area (Å²) in [5.41, 5.74) is 3.60. The molecule has 0 spiro atoms. The summed E-state index contributed by atoms with van der Waals surface area (Å²) in [5.74, 6) is 0.447. The van der Waals surface area contributed by atoms with E-state index in [2.05, 4.69) is 0 Å². The van der Waals surface area contributed by atoms with Crippen LogP contribution in [0.15, 0.2) is 97.1 Å². The molecule has 0 N–H and O–H groups in total. The van der Waals surface area contributed by atoms with E-state index in [1.54, 1.807) is 42.5 Å². The summed E-state index contributed by atoms with van der Waals surface area (Å²) in [6.07, 6.45) is 3.18. The molecular weight excluding hydrogens is 468 g/mol. The molecule has 0 aliphatic carbocycles. The highest BCUT2D eigenvalue weighted by Gasteiger charge is 2.21. The van der Waals surface area contributed by atoms with E-state index in [9.17, 15) is 9.59 Å². The van der Waals surface area contributed by atoms with Crippen molar-refractivity contribution in [3.8, 4) is 34.1 Å². The first kappa shape index (κ1) is 25.3. The van der Waals surface area contributed by atoms with Crippen molar-refractivity contribution in [3.05, 3.63) is 114 Å². The minimum absolute atomic E-state index is 0.127. The van der Waals surface area contributed by atoms with Gasteiger partial charge in [-0.05, 0) is 47.0 Å². The van der Waals surface area contributed by atoms with E-state index in [1.165, 1.54) is 27.4 Å². The van der Waals surface area contributed by atoms with Crippen LogP contribution in [-0.4, -0.2) is 33.1 Å². The van der Waals surface area contributed by atoms with Gasteiger partial charge in [0.1, 0.15) is 17.1 Å². The molecule has 0 radical (unpaired) electrons. The van der Waals surface area contributed by atoms with Crippen molar-refractivity contribution in [2.45, 2.75) is 0 Å². The van der Waals surface area contributed by atoms with Crippen LogP contribution in [0.5, 0.6) is 23.0 Å². The number of carbonyl (C=O) groups is 2. The number of rotatable bonds is 9. The van der Waals surface area contributed by atoms with E-state index in [0.717, 1.165) is 11.1 Å². The molecule has 0 atom stereocenters. The smallest absolute Gasteiger partial charge is 0.351 e. The standard InChI is InChI=1S/C31H26O6/c1-34-27-10-7-11-28(35-2)30(27)31(33)37-26-19-13-21(20-29(26)36-3)12-18-25(32)24-16-14-23(15-17-24)22-8-5-4-6-9-22/h4-20H,1-3H3/b18-12+. The minimum Gasteiger partial charge on any atom is -0.496 e. The summed E-state index contributed by atoms with van der Waals surface area (Å²) in [4.78, 5) is 25.6. The molecule has 4 aromatic carbocycles. The fourth-order valence-corrected chi connectivity index (χ4v) is 3.80. The highest BCUT2D eigenvalue weighted by Crippen LogP contribution is 2.33. The molecule has 0 amide bonds. The van der Waals surface area contributed by atoms with E-state index in [4.69, 9.17) is 18.9 Å². The normalized spacial score (nSPS) is 10.7. The van der Waals surface area contributed by atoms with Gasteiger partial charge in [0, 0.05) is 5.56 Å². The summed E-state index contributed by atoms with van der Waals surface area (Å²) >= 11 is 0. The Morgan fingerprint density at radius 3 is 1.86 bits per heavy atom. The van der Waals surface area contributed by atoms with Gasteiger partial charge in [0.05, 0.1) is 21.3 Å². The zero-order valence-corrected chi connectivity index (χ0v) is 20.8. The minimum atomic E-state index is -0.648. The van der Waals surface area contributed by atoms with Crippen LogP contribution in [0.4, 0.5) is 0 Å². The van der Waals surface area contributed by atoms with Gasteiger partial charge in [0.25, 0.3) is 0 Å². The number of methoxy groups -OCH3 is 3. The molecule has 186 valence electrons. The largest absolute Gasteiger partial charge is 0.496 e. The number of ether oxygens (including phenoxy) is 4. The monoisotopic (exact) mass is 494 g/mol. The summed E-state index contributed by atoms with van der Waals surface area (Å²) in [7, 11) is 4.40. The molecular formula is C31H26O6. The molecule has 0 unspecified atom stereocenters. The number of allylic oxidation sites excluding steroid dienone is 1. The molecule has 0 saturated heterocycles. The van der Waals surface area contributed by atoms with E-state index in [-0.39, 0.29) is 17.1 Å². The van der Waals surface area contributed by atoms with Gasteiger partial charge in [-0.15, -0.1) is 0 Å². The van der Waals surface area contributed by atoms with Gasteiger partial charge >= 0.3 is 5.97 Å². The lowest BCUT2D eigenvalue weighted by Crippen LogP contribution is -2.12. The molecule has 37 heavy (non-hydrogen) atoms.